The molecule has 2 N–H and O–H groups in total. The molecule has 7 heteroatoms. The fourth-order valence-electron chi connectivity index (χ4n) is 2.76. The molecule has 0 spiro atoms. The molecule has 3 rings (SSSR count). The van der Waals surface area contributed by atoms with Gasteiger partial charge in [0.2, 0.25) is 11.8 Å². The van der Waals surface area contributed by atoms with Gasteiger partial charge in [0.15, 0.2) is 0 Å². The lowest BCUT2D eigenvalue weighted by Gasteiger charge is -2.39. The molecule has 2 aliphatic heterocycles. The first-order valence-corrected chi connectivity index (χ1v) is 7.88. The normalized spacial score (nSPS) is 23.8. The summed E-state index contributed by atoms with van der Waals surface area (Å²) in [5.74, 6) is 0.414. The van der Waals surface area contributed by atoms with Crippen LogP contribution in [0.4, 0.5) is 0 Å². The largest absolute Gasteiger partial charge is 0.352 e. The molecule has 2 atom stereocenters. The molecule has 0 saturated carbocycles. The number of nitrogens with one attached hydrogen (secondary N) is 2. The van der Waals surface area contributed by atoms with E-state index in [1.165, 1.54) is 11.3 Å². The Kier molecular flexibility index (Phi) is 5.24. The Morgan fingerprint density at radius 2 is 2.24 bits per heavy atom. The lowest BCUT2D eigenvalue weighted by Crippen LogP contribution is -2.56. The van der Waals surface area contributed by atoms with Crippen LogP contribution in [0.2, 0.25) is 0 Å². The fraction of sp³-hybridized carbons (Fsp3) is 0.571. The van der Waals surface area contributed by atoms with Crippen LogP contribution in [0, 0.1) is 11.8 Å². The molecule has 5 nitrogen and oxygen atoms in total. The van der Waals surface area contributed by atoms with E-state index in [1.807, 2.05) is 24.4 Å². The van der Waals surface area contributed by atoms with Gasteiger partial charge in [-0.1, -0.05) is 13.0 Å². The average Bonchev–Trinajstić information content (AvgIpc) is 2.89. The summed E-state index contributed by atoms with van der Waals surface area (Å²) in [5.41, 5.74) is 0. The summed E-state index contributed by atoms with van der Waals surface area (Å²) in [6.07, 6.45) is 0. The molecular formula is C14H20ClN3O2S. The molecule has 2 amide bonds. The highest BCUT2D eigenvalue weighted by atomic mass is 35.5. The second-order valence-corrected chi connectivity index (χ2v) is 6.43. The zero-order valence-corrected chi connectivity index (χ0v) is 13.5. The maximum Gasteiger partial charge on any atom is 0.248 e. The molecule has 0 aromatic carbocycles. The summed E-state index contributed by atoms with van der Waals surface area (Å²) in [4.78, 5) is 27.6. The number of piperazine rings is 1. The summed E-state index contributed by atoms with van der Waals surface area (Å²) < 4.78 is 0. The maximum absolute atomic E-state index is 12.7. The molecule has 2 saturated heterocycles. The van der Waals surface area contributed by atoms with Crippen LogP contribution in [0.1, 0.15) is 17.8 Å². The zero-order valence-electron chi connectivity index (χ0n) is 11.9. The van der Waals surface area contributed by atoms with Gasteiger partial charge in [0.25, 0.3) is 0 Å². The Bertz CT molecular complexity index is 504. The monoisotopic (exact) mass is 329 g/mol. The van der Waals surface area contributed by atoms with Crippen molar-refractivity contribution in [3.05, 3.63) is 22.4 Å². The third-order valence-electron chi connectivity index (χ3n) is 4.22. The molecule has 1 aromatic heterocycles. The van der Waals surface area contributed by atoms with Crippen LogP contribution in [0.15, 0.2) is 17.5 Å². The number of carbonyl (C=O) groups excluding carboxylic acids is 2. The quantitative estimate of drug-likeness (QED) is 0.870. The van der Waals surface area contributed by atoms with Gasteiger partial charge in [-0.3, -0.25) is 9.59 Å². The Morgan fingerprint density at radius 1 is 1.48 bits per heavy atom. The van der Waals surface area contributed by atoms with Gasteiger partial charge in [-0.05, 0) is 30.5 Å². The van der Waals surface area contributed by atoms with Crippen molar-refractivity contribution in [2.75, 3.05) is 26.2 Å². The Balaban J connectivity index is 0.00000161. The van der Waals surface area contributed by atoms with Crippen LogP contribution in [0.5, 0.6) is 0 Å². The molecule has 0 bridgehead atoms. The molecule has 116 valence electrons. The van der Waals surface area contributed by atoms with E-state index in [4.69, 9.17) is 0 Å². The molecule has 3 heterocycles. The smallest absolute Gasteiger partial charge is 0.248 e. The first kappa shape index (κ1) is 16.3. The third kappa shape index (κ3) is 3.07. The van der Waals surface area contributed by atoms with E-state index >= 15 is 0 Å². The van der Waals surface area contributed by atoms with Gasteiger partial charge in [0.05, 0.1) is 0 Å². The van der Waals surface area contributed by atoms with E-state index in [1.54, 1.807) is 4.90 Å². The second-order valence-electron chi connectivity index (χ2n) is 5.45. The number of amides is 2. The van der Waals surface area contributed by atoms with Crippen LogP contribution < -0.4 is 10.6 Å². The SMILES string of the molecule is CC(C(=O)N1CCNC(=O)C1c1cccs1)C1CNC1.Cl. The van der Waals surface area contributed by atoms with Crippen molar-refractivity contribution in [3.8, 4) is 0 Å². The topological polar surface area (TPSA) is 61.4 Å². The van der Waals surface area contributed by atoms with E-state index < -0.39 is 6.04 Å². The molecule has 0 aliphatic carbocycles. The summed E-state index contributed by atoms with van der Waals surface area (Å²) in [6, 6.07) is 3.40. The summed E-state index contributed by atoms with van der Waals surface area (Å²) in [5, 5.41) is 8.01. The van der Waals surface area contributed by atoms with Crippen LogP contribution >= 0.6 is 23.7 Å². The minimum absolute atomic E-state index is 0. The molecule has 21 heavy (non-hydrogen) atoms. The van der Waals surface area contributed by atoms with Crippen molar-refractivity contribution < 1.29 is 9.59 Å². The van der Waals surface area contributed by atoms with Crippen molar-refractivity contribution in [1.82, 2.24) is 15.5 Å². The number of nitrogens with zero attached hydrogens (tertiary/aromatic N) is 1. The fourth-order valence-corrected chi connectivity index (χ4v) is 3.60. The standard InChI is InChI=1S/C14H19N3O2S.ClH/c1-9(10-7-15-8-10)14(19)17-5-4-16-13(18)12(17)11-3-2-6-20-11;/h2-3,6,9-10,12,15H,4-5,7-8H2,1H3,(H,16,18);1H. The Morgan fingerprint density at radius 3 is 2.81 bits per heavy atom. The third-order valence-corrected chi connectivity index (χ3v) is 5.14. The minimum Gasteiger partial charge on any atom is -0.352 e. The van der Waals surface area contributed by atoms with E-state index in [0.29, 0.717) is 19.0 Å². The molecule has 2 aliphatic rings. The summed E-state index contributed by atoms with van der Waals surface area (Å²) in [6.45, 7) is 4.92. The van der Waals surface area contributed by atoms with Crippen molar-refractivity contribution in [2.24, 2.45) is 11.8 Å². The lowest BCUT2D eigenvalue weighted by molar-refractivity contribution is -0.147. The van der Waals surface area contributed by atoms with Gasteiger partial charge < -0.3 is 15.5 Å². The van der Waals surface area contributed by atoms with Crippen LogP contribution in [0.25, 0.3) is 0 Å². The van der Waals surface area contributed by atoms with E-state index in [9.17, 15) is 9.59 Å². The first-order chi connectivity index (χ1) is 9.68. The summed E-state index contributed by atoms with van der Waals surface area (Å²) >= 11 is 1.53. The van der Waals surface area contributed by atoms with Gasteiger partial charge in [0.1, 0.15) is 6.04 Å². The number of carbonyl (C=O) groups is 2. The highest BCUT2D eigenvalue weighted by molar-refractivity contribution is 7.10. The average molecular weight is 330 g/mol. The molecular weight excluding hydrogens is 310 g/mol. The zero-order chi connectivity index (χ0) is 14.1. The number of hydrogen-bond acceptors (Lipinski definition) is 4. The van der Waals surface area contributed by atoms with Crippen molar-refractivity contribution in [2.45, 2.75) is 13.0 Å². The molecule has 2 unspecified atom stereocenters. The minimum atomic E-state index is -0.452. The second kappa shape index (κ2) is 6.77. The number of halogens is 1. The van der Waals surface area contributed by atoms with Gasteiger partial charge in [0, 0.05) is 23.9 Å². The highest BCUT2D eigenvalue weighted by Gasteiger charge is 2.39. The Labute approximate surface area is 134 Å². The maximum atomic E-state index is 12.7. The Hall–Kier alpha value is -1.11. The van der Waals surface area contributed by atoms with Crippen LogP contribution in [-0.4, -0.2) is 42.9 Å². The molecule has 1 aromatic rings. The highest BCUT2D eigenvalue weighted by Crippen LogP contribution is 2.30. The predicted molar refractivity (Wildman–Crippen MR) is 84.6 cm³/mol. The van der Waals surface area contributed by atoms with Crippen LogP contribution in [-0.2, 0) is 9.59 Å². The van der Waals surface area contributed by atoms with Gasteiger partial charge in [-0.2, -0.15) is 0 Å². The molecule has 2 fully saturated rings. The number of rotatable bonds is 3. The summed E-state index contributed by atoms with van der Waals surface area (Å²) in [7, 11) is 0. The van der Waals surface area contributed by atoms with E-state index in [-0.39, 0.29) is 30.1 Å². The van der Waals surface area contributed by atoms with Gasteiger partial charge in [-0.15, -0.1) is 23.7 Å². The predicted octanol–water partition coefficient (Wildman–Crippen LogP) is 1.02. The lowest BCUT2D eigenvalue weighted by atomic mass is 9.87. The number of hydrogen-bond donors (Lipinski definition) is 2. The van der Waals surface area contributed by atoms with E-state index in [0.717, 1.165) is 18.0 Å². The first-order valence-electron chi connectivity index (χ1n) is 7.01. The van der Waals surface area contributed by atoms with Gasteiger partial charge >= 0.3 is 0 Å². The van der Waals surface area contributed by atoms with Crippen molar-refractivity contribution in [3.63, 3.8) is 0 Å². The van der Waals surface area contributed by atoms with Crippen molar-refractivity contribution in [1.29, 1.82) is 0 Å². The van der Waals surface area contributed by atoms with Crippen molar-refractivity contribution >= 4 is 35.6 Å². The van der Waals surface area contributed by atoms with E-state index in [2.05, 4.69) is 10.6 Å². The van der Waals surface area contributed by atoms with Crippen LogP contribution in [0.3, 0.4) is 0 Å². The molecule has 0 radical (unpaired) electrons. The number of thiophene rings is 1. The van der Waals surface area contributed by atoms with Gasteiger partial charge in [-0.25, -0.2) is 0 Å².